The predicted octanol–water partition coefficient (Wildman–Crippen LogP) is 0.721. The van der Waals surface area contributed by atoms with E-state index in [1.54, 1.807) is 27.9 Å². The van der Waals surface area contributed by atoms with Gasteiger partial charge in [0, 0.05) is 53.4 Å². The van der Waals surface area contributed by atoms with Crippen LogP contribution in [-0.4, -0.2) is 44.8 Å². The SMILES string of the molecule is [B]c1cnc2c(c1)CN(C(=O)c1cc3ncc(I)cn3n1)CC2. The van der Waals surface area contributed by atoms with E-state index < -0.39 is 0 Å². The molecule has 2 radical (unpaired) electrons. The van der Waals surface area contributed by atoms with E-state index in [1.807, 2.05) is 12.3 Å². The fourth-order valence-electron chi connectivity index (χ4n) is 2.74. The Hall–Kier alpha value is -1.97. The van der Waals surface area contributed by atoms with Gasteiger partial charge < -0.3 is 4.90 Å². The van der Waals surface area contributed by atoms with E-state index in [0.717, 1.165) is 21.2 Å². The fraction of sp³-hybridized carbons (Fsp3) is 0.200. The van der Waals surface area contributed by atoms with E-state index in [2.05, 4.69) is 37.7 Å². The first-order chi connectivity index (χ1) is 11.1. The van der Waals surface area contributed by atoms with Crippen LogP contribution in [0.4, 0.5) is 0 Å². The van der Waals surface area contributed by atoms with Crippen LogP contribution in [0.3, 0.4) is 0 Å². The second kappa shape index (κ2) is 5.59. The lowest BCUT2D eigenvalue weighted by Crippen LogP contribution is -2.37. The minimum absolute atomic E-state index is 0.0985. The highest BCUT2D eigenvalue weighted by atomic mass is 127. The van der Waals surface area contributed by atoms with E-state index in [1.165, 1.54) is 0 Å². The van der Waals surface area contributed by atoms with E-state index in [0.29, 0.717) is 29.9 Å². The highest BCUT2D eigenvalue weighted by molar-refractivity contribution is 14.1. The number of carbonyl (C=O) groups excluding carboxylic acids is 1. The molecule has 3 aromatic heterocycles. The third-order valence-electron chi connectivity index (χ3n) is 3.85. The van der Waals surface area contributed by atoms with Gasteiger partial charge in [0.2, 0.25) is 0 Å². The van der Waals surface area contributed by atoms with Crippen molar-refractivity contribution in [3.8, 4) is 0 Å². The third-order valence-corrected chi connectivity index (χ3v) is 4.41. The van der Waals surface area contributed by atoms with Crippen molar-refractivity contribution >= 4 is 47.5 Å². The lowest BCUT2D eigenvalue weighted by atomic mass is 9.94. The molecule has 6 nitrogen and oxygen atoms in total. The number of nitrogens with zero attached hydrogens (tertiary/aromatic N) is 5. The van der Waals surface area contributed by atoms with Crippen molar-refractivity contribution in [2.45, 2.75) is 13.0 Å². The molecule has 4 rings (SSSR count). The van der Waals surface area contributed by atoms with E-state index in [-0.39, 0.29) is 5.91 Å². The van der Waals surface area contributed by atoms with Gasteiger partial charge in [-0.15, -0.1) is 0 Å². The predicted molar refractivity (Wildman–Crippen MR) is 93.8 cm³/mol. The van der Waals surface area contributed by atoms with E-state index in [9.17, 15) is 4.79 Å². The Morgan fingerprint density at radius 3 is 3.00 bits per heavy atom. The standard InChI is InChI=1S/C15H11BIN5O/c16-10-3-9-7-21(2-1-12(9)18-5-10)15(23)13-4-14-19-6-11(17)8-22(14)20-13/h3-6,8H,1-2,7H2. The summed E-state index contributed by atoms with van der Waals surface area (Å²) in [5, 5.41) is 4.34. The number of hydrogen-bond acceptors (Lipinski definition) is 4. The molecule has 8 heteroatoms. The van der Waals surface area contributed by atoms with E-state index >= 15 is 0 Å². The molecule has 0 aliphatic carbocycles. The smallest absolute Gasteiger partial charge is 0.274 e. The van der Waals surface area contributed by atoms with Crippen molar-refractivity contribution in [1.82, 2.24) is 24.5 Å². The Morgan fingerprint density at radius 1 is 1.26 bits per heavy atom. The Bertz CT molecular complexity index is 925. The molecule has 1 aliphatic heterocycles. The minimum atomic E-state index is -0.0985. The molecule has 4 heterocycles. The Balaban J connectivity index is 1.63. The lowest BCUT2D eigenvalue weighted by Gasteiger charge is -2.27. The molecule has 23 heavy (non-hydrogen) atoms. The van der Waals surface area contributed by atoms with Crippen molar-refractivity contribution in [2.24, 2.45) is 0 Å². The number of hydrogen-bond donors (Lipinski definition) is 0. The van der Waals surface area contributed by atoms with Crippen LogP contribution < -0.4 is 5.46 Å². The van der Waals surface area contributed by atoms with Gasteiger partial charge in [-0.1, -0.05) is 11.5 Å². The van der Waals surface area contributed by atoms with Crippen molar-refractivity contribution in [3.63, 3.8) is 0 Å². The summed E-state index contributed by atoms with van der Waals surface area (Å²) in [4.78, 5) is 23.1. The van der Waals surface area contributed by atoms with Gasteiger partial charge in [-0.3, -0.25) is 9.78 Å². The quantitative estimate of drug-likeness (QED) is 0.435. The number of aromatic nitrogens is 4. The first-order valence-electron chi connectivity index (χ1n) is 7.13. The summed E-state index contributed by atoms with van der Waals surface area (Å²) >= 11 is 2.16. The highest BCUT2D eigenvalue weighted by Gasteiger charge is 2.24. The summed E-state index contributed by atoms with van der Waals surface area (Å²) in [6.07, 6.45) is 5.98. The first kappa shape index (κ1) is 14.6. The zero-order valence-corrected chi connectivity index (χ0v) is 14.3. The zero-order chi connectivity index (χ0) is 16.0. The Kier molecular flexibility index (Phi) is 3.55. The second-order valence-electron chi connectivity index (χ2n) is 5.46. The molecule has 0 bridgehead atoms. The van der Waals surface area contributed by atoms with Gasteiger partial charge in [-0.25, -0.2) is 9.50 Å². The van der Waals surface area contributed by atoms with Crippen LogP contribution in [0, 0.1) is 3.57 Å². The number of carbonyl (C=O) groups is 1. The molecule has 0 saturated heterocycles. The maximum atomic E-state index is 12.7. The largest absolute Gasteiger partial charge is 0.332 e. The van der Waals surface area contributed by atoms with Gasteiger partial charge in [0.25, 0.3) is 5.91 Å². The molecule has 112 valence electrons. The Labute approximate surface area is 147 Å². The monoisotopic (exact) mass is 415 g/mol. The van der Waals surface area contributed by atoms with Crippen molar-refractivity contribution in [1.29, 1.82) is 0 Å². The number of amides is 1. The molecule has 0 fully saturated rings. The van der Waals surface area contributed by atoms with Crippen LogP contribution >= 0.6 is 22.6 Å². The molecule has 1 aliphatic rings. The van der Waals surface area contributed by atoms with Crippen LogP contribution in [-0.2, 0) is 13.0 Å². The summed E-state index contributed by atoms with van der Waals surface area (Å²) < 4.78 is 2.59. The highest BCUT2D eigenvalue weighted by Crippen LogP contribution is 2.18. The maximum absolute atomic E-state index is 12.7. The molecule has 0 aromatic carbocycles. The lowest BCUT2D eigenvalue weighted by molar-refractivity contribution is 0.0727. The van der Waals surface area contributed by atoms with Gasteiger partial charge in [0.15, 0.2) is 11.3 Å². The first-order valence-corrected chi connectivity index (χ1v) is 8.21. The summed E-state index contributed by atoms with van der Waals surface area (Å²) in [7, 11) is 5.79. The van der Waals surface area contributed by atoms with Crippen LogP contribution in [0.25, 0.3) is 5.65 Å². The maximum Gasteiger partial charge on any atom is 0.274 e. The van der Waals surface area contributed by atoms with Crippen molar-refractivity contribution in [2.75, 3.05) is 6.54 Å². The van der Waals surface area contributed by atoms with Crippen LogP contribution in [0.1, 0.15) is 21.7 Å². The average molecular weight is 415 g/mol. The Morgan fingerprint density at radius 2 is 2.13 bits per heavy atom. The van der Waals surface area contributed by atoms with Crippen LogP contribution in [0.2, 0.25) is 0 Å². The van der Waals surface area contributed by atoms with Crippen LogP contribution in [0.5, 0.6) is 0 Å². The summed E-state index contributed by atoms with van der Waals surface area (Å²) in [5.74, 6) is -0.0985. The van der Waals surface area contributed by atoms with Gasteiger partial charge in [0.1, 0.15) is 7.85 Å². The van der Waals surface area contributed by atoms with Crippen molar-refractivity contribution < 1.29 is 4.79 Å². The normalized spacial score (nSPS) is 14.0. The number of halogens is 1. The molecular weight excluding hydrogens is 404 g/mol. The molecule has 0 N–H and O–H groups in total. The van der Waals surface area contributed by atoms with Crippen LogP contribution in [0.15, 0.2) is 30.7 Å². The fourth-order valence-corrected chi connectivity index (χ4v) is 3.14. The number of pyridine rings is 1. The summed E-state index contributed by atoms with van der Waals surface area (Å²) in [6.45, 7) is 1.13. The minimum Gasteiger partial charge on any atom is -0.332 e. The van der Waals surface area contributed by atoms with Gasteiger partial charge in [0.05, 0.1) is 0 Å². The molecule has 0 saturated carbocycles. The molecule has 0 spiro atoms. The molecule has 1 amide bonds. The molecule has 0 unspecified atom stereocenters. The topological polar surface area (TPSA) is 63.4 Å². The summed E-state index contributed by atoms with van der Waals surface area (Å²) in [6, 6.07) is 3.60. The average Bonchev–Trinajstić information content (AvgIpc) is 2.96. The molecule has 0 atom stereocenters. The second-order valence-corrected chi connectivity index (χ2v) is 6.70. The third kappa shape index (κ3) is 2.71. The van der Waals surface area contributed by atoms with Crippen molar-refractivity contribution in [3.05, 3.63) is 51.2 Å². The summed E-state index contributed by atoms with van der Waals surface area (Å²) in [5.41, 5.74) is 3.69. The van der Waals surface area contributed by atoms with Gasteiger partial charge >= 0.3 is 0 Å². The zero-order valence-electron chi connectivity index (χ0n) is 12.1. The molecule has 3 aromatic rings. The van der Waals surface area contributed by atoms with E-state index in [4.69, 9.17) is 7.85 Å². The van der Waals surface area contributed by atoms with Gasteiger partial charge in [-0.2, -0.15) is 5.10 Å². The number of rotatable bonds is 1. The van der Waals surface area contributed by atoms with Gasteiger partial charge in [-0.05, 0) is 28.2 Å². The number of fused-ring (bicyclic) bond motifs is 2. The molecular formula is C15H11BIN5O.